The van der Waals surface area contributed by atoms with Crippen LogP contribution in [0.2, 0.25) is 0 Å². The number of pyridine rings is 2. The van der Waals surface area contributed by atoms with Gasteiger partial charge in [-0.3, -0.25) is 29.1 Å². The molecule has 1 saturated carbocycles. The van der Waals surface area contributed by atoms with Crippen LogP contribution < -0.4 is 22.1 Å². The quantitative estimate of drug-likeness (QED) is 0.147. The number of rotatable bonds is 10. The van der Waals surface area contributed by atoms with Gasteiger partial charge in [0.05, 0.1) is 18.5 Å². The van der Waals surface area contributed by atoms with Crippen molar-refractivity contribution in [2.75, 3.05) is 19.4 Å². The lowest BCUT2D eigenvalue weighted by Gasteiger charge is -2.20. The first kappa shape index (κ1) is 46.5. The molecule has 3 heterocycles. The van der Waals surface area contributed by atoms with Crippen LogP contribution in [0.1, 0.15) is 112 Å². The first-order chi connectivity index (χ1) is 25.0. The Kier molecular flexibility index (Phi) is 26.2. The van der Waals surface area contributed by atoms with Gasteiger partial charge in [0.1, 0.15) is 5.82 Å². The summed E-state index contributed by atoms with van der Waals surface area (Å²) in [6.07, 6.45) is 18.0. The number of aryl methyl sites for hydroxylation is 1. The Morgan fingerprint density at radius 1 is 0.846 bits per heavy atom. The molecule has 52 heavy (non-hydrogen) atoms. The van der Waals surface area contributed by atoms with E-state index < -0.39 is 0 Å². The number of carbonyl (C=O) groups excluding carboxylic acids is 4. The monoisotopic (exact) mass is 717 g/mol. The van der Waals surface area contributed by atoms with E-state index in [4.69, 9.17) is 11.5 Å². The van der Waals surface area contributed by atoms with Gasteiger partial charge in [0.25, 0.3) is 0 Å². The lowest BCUT2D eigenvalue weighted by Crippen LogP contribution is -2.28. The van der Waals surface area contributed by atoms with E-state index in [9.17, 15) is 19.2 Å². The summed E-state index contributed by atoms with van der Waals surface area (Å²) in [6.45, 7) is 10.5. The van der Waals surface area contributed by atoms with E-state index in [-0.39, 0.29) is 30.5 Å². The van der Waals surface area contributed by atoms with Crippen LogP contribution in [-0.2, 0) is 27.2 Å². The van der Waals surface area contributed by atoms with Gasteiger partial charge >= 0.3 is 0 Å². The topological polar surface area (TPSA) is 199 Å². The molecule has 3 aromatic rings. The van der Waals surface area contributed by atoms with Crippen molar-refractivity contribution in [1.29, 1.82) is 0 Å². The fourth-order valence-corrected chi connectivity index (χ4v) is 4.16. The summed E-state index contributed by atoms with van der Waals surface area (Å²) in [5, 5.41) is 13.7. The highest BCUT2D eigenvalue weighted by Crippen LogP contribution is 2.31. The number of hydrogen-bond acceptors (Lipinski definition) is 10. The van der Waals surface area contributed by atoms with Crippen LogP contribution in [0, 0.1) is 6.92 Å². The van der Waals surface area contributed by atoms with Crippen LogP contribution in [0.25, 0.3) is 0 Å². The molecule has 0 bridgehead atoms. The second kappa shape index (κ2) is 29.3. The number of allylic oxidation sites excluding steroid dienone is 2. The Balaban J connectivity index is 0.000000795. The number of aromatic nitrogens is 4. The SMILES string of the molecule is CCC.CCC.CN(C)C=O.Cc1ccc(CC(=O)Nc2ccc(C3CCCCC3)nn2)nc1.N/C=C\C=C(/N)NC(=O)Cc1ccc(C=O)cn1. The summed E-state index contributed by atoms with van der Waals surface area (Å²) in [5.41, 5.74) is 14.5. The van der Waals surface area contributed by atoms with Crippen LogP contribution in [0.15, 0.2) is 73.0 Å². The van der Waals surface area contributed by atoms with Crippen molar-refractivity contribution in [2.24, 2.45) is 11.5 Å². The lowest BCUT2D eigenvalue weighted by molar-refractivity contribution is -0.120. The number of amides is 3. The van der Waals surface area contributed by atoms with Crippen LogP contribution >= 0.6 is 0 Å². The lowest BCUT2D eigenvalue weighted by atomic mass is 9.87. The van der Waals surface area contributed by atoms with Crippen molar-refractivity contribution < 1.29 is 19.2 Å². The van der Waals surface area contributed by atoms with Gasteiger partial charge in [-0.25, -0.2) is 0 Å². The van der Waals surface area contributed by atoms with Gasteiger partial charge in [-0.05, 0) is 74.0 Å². The third-order valence-corrected chi connectivity index (χ3v) is 6.50. The van der Waals surface area contributed by atoms with Crippen molar-refractivity contribution in [3.05, 3.63) is 101 Å². The summed E-state index contributed by atoms with van der Waals surface area (Å²) >= 11 is 0. The smallest absolute Gasteiger partial charge is 0.231 e. The molecular weight excluding hydrogens is 658 g/mol. The van der Waals surface area contributed by atoms with E-state index in [0.717, 1.165) is 23.4 Å². The molecule has 0 spiro atoms. The summed E-state index contributed by atoms with van der Waals surface area (Å²) in [7, 11) is 3.38. The summed E-state index contributed by atoms with van der Waals surface area (Å²) in [6, 6.07) is 10.9. The first-order valence-corrected chi connectivity index (χ1v) is 17.7. The molecule has 284 valence electrons. The van der Waals surface area contributed by atoms with Gasteiger partial charge in [-0.2, -0.15) is 5.10 Å². The maximum absolute atomic E-state index is 12.0. The maximum Gasteiger partial charge on any atom is 0.231 e. The van der Waals surface area contributed by atoms with E-state index >= 15 is 0 Å². The molecule has 0 unspecified atom stereocenters. The third kappa shape index (κ3) is 23.0. The molecule has 0 atom stereocenters. The van der Waals surface area contributed by atoms with Crippen molar-refractivity contribution in [3.63, 3.8) is 0 Å². The number of hydrogen-bond donors (Lipinski definition) is 4. The zero-order valence-electron chi connectivity index (χ0n) is 32.0. The zero-order valence-corrected chi connectivity index (χ0v) is 32.0. The largest absolute Gasteiger partial charge is 0.405 e. The molecule has 1 fully saturated rings. The van der Waals surface area contributed by atoms with Crippen molar-refractivity contribution >= 4 is 30.3 Å². The molecular formula is C39H59N9O4. The fourth-order valence-electron chi connectivity index (χ4n) is 4.16. The van der Waals surface area contributed by atoms with Gasteiger partial charge < -0.3 is 27.0 Å². The Hall–Kier alpha value is -5.46. The predicted octanol–water partition coefficient (Wildman–Crippen LogP) is 5.77. The first-order valence-electron chi connectivity index (χ1n) is 17.7. The minimum Gasteiger partial charge on any atom is -0.405 e. The van der Waals surface area contributed by atoms with E-state index in [0.29, 0.717) is 29.3 Å². The summed E-state index contributed by atoms with van der Waals surface area (Å²) < 4.78 is 0. The standard InChI is InChI=1S/C18H22N4O.C12H14N4O2.C3H7NO.2C3H8/c1-13-7-8-15(19-12-13)11-18(23)20-17-10-9-16(21-22-17)14-5-3-2-4-6-14;13-5-1-2-11(14)16-12(18)6-10-4-3-9(8-17)7-15-10;1-4(2)3-5;2*1-3-2/h7-10,12,14H,2-6,11H2,1H3,(H,20,22,23);1-5,7-8H,6,13-14H2,(H,16,18);3H,1-2H3;2*3H2,1-2H3/b;5-1-,11-2+;;;. The van der Waals surface area contributed by atoms with E-state index in [2.05, 4.69) is 58.5 Å². The van der Waals surface area contributed by atoms with Crippen molar-refractivity contribution in [3.8, 4) is 0 Å². The molecule has 1 aliphatic rings. The van der Waals surface area contributed by atoms with Gasteiger partial charge in [0, 0.05) is 49.4 Å². The van der Waals surface area contributed by atoms with Crippen LogP contribution in [0.3, 0.4) is 0 Å². The Labute approximate surface area is 309 Å². The molecule has 3 amide bonds. The molecule has 0 aromatic carbocycles. The van der Waals surface area contributed by atoms with Crippen LogP contribution in [-0.4, -0.2) is 63.7 Å². The molecule has 4 rings (SSSR count). The van der Waals surface area contributed by atoms with E-state index in [1.165, 1.54) is 74.4 Å². The van der Waals surface area contributed by atoms with E-state index in [1.807, 2.05) is 31.2 Å². The highest BCUT2D eigenvalue weighted by atomic mass is 16.2. The van der Waals surface area contributed by atoms with Gasteiger partial charge in [-0.1, -0.05) is 65.9 Å². The van der Waals surface area contributed by atoms with Gasteiger partial charge in [-0.15, -0.1) is 5.10 Å². The molecule has 1 aliphatic carbocycles. The number of carbonyl (C=O) groups is 4. The second-order valence-corrected chi connectivity index (χ2v) is 12.1. The maximum atomic E-state index is 12.0. The number of nitrogens with two attached hydrogens (primary N) is 2. The molecule has 0 radical (unpaired) electrons. The highest BCUT2D eigenvalue weighted by molar-refractivity contribution is 5.91. The number of anilines is 1. The average Bonchev–Trinajstić information content (AvgIpc) is 3.14. The Morgan fingerprint density at radius 2 is 1.42 bits per heavy atom. The van der Waals surface area contributed by atoms with Crippen LogP contribution in [0.5, 0.6) is 0 Å². The normalized spacial score (nSPS) is 12.1. The van der Waals surface area contributed by atoms with Crippen molar-refractivity contribution in [1.82, 2.24) is 30.4 Å². The van der Waals surface area contributed by atoms with Gasteiger partial charge in [0.15, 0.2) is 12.1 Å². The molecule has 0 saturated heterocycles. The second-order valence-electron chi connectivity index (χ2n) is 12.1. The minimum absolute atomic E-state index is 0.0833. The molecule has 6 N–H and O–H groups in total. The molecule has 3 aromatic heterocycles. The number of aldehydes is 1. The highest BCUT2D eigenvalue weighted by Gasteiger charge is 2.17. The predicted molar refractivity (Wildman–Crippen MR) is 208 cm³/mol. The average molecular weight is 718 g/mol. The molecule has 13 nitrogen and oxygen atoms in total. The third-order valence-electron chi connectivity index (χ3n) is 6.50. The Bertz CT molecular complexity index is 1470. The van der Waals surface area contributed by atoms with Crippen LogP contribution in [0.4, 0.5) is 5.82 Å². The van der Waals surface area contributed by atoms with Crippen molar-refractivity contribution in [2.45, 2.75) is 98.3 Å². The minimum atomic E-state index is -0.291. The number of nitrogens with zero attached hydrogens (tertiary/aromatic N) is 5. The molecule has 0 aliphatic heterocycles. The van der Waals surface area contributed by atoms with E-state index in [1.54, 1.807) is 32.4 Å². The summed E-state index contributed by atoms with van der Waals surface area (Å²) in [5.74, 6) is 0.812. The number of nitrogens with one attached hydrogen (secondary N) is 2. The fraction of sp³-hybridized carbons (Fsp3) is 0.436. The zero-order chi connectivity index (χ0) is 39.1. The Morgan fingerprint density at radius 3 is 1.88 bits per heavy atom. The molecule has 13 heteroatoms. The summed E-state index contributed by atoms with van der Waals surface area (Å²) in [4.78, 5) is 53.1. The van der Waals surface area contributed by atoms with Gasteiger partial charge in [0.2, 0.25) is 18.2 Å².